The number of benzene rings is 3. The van der Waals surface area contributed by atoms with E-state index in [0.29, 0.717) is 40.1 Å². The SMILES string of the molecule is COc1cc(CN(Cc2cc(C(F)(F)F)cc(C(F)(F)F)c2)c2ncc(C)cn2)c(-c2cc(C(C)C)ccc2OC)cc1O. The van der Waals surface area contributed by atoms with E-state index >= 15 is 0 Å². The third-order valence-electron chi connectivity index (χ3n) is 7.02. The van der Waals surface area contributed by atoms with Gasteiger partial charge in [-0.3, -0.25) is 0 Å². The molecular weight excluding hydrogens is 588 g/mol. The van der Waals surface area contributed by atoms with E-state index in [9.17, 15) is 31.4 Å². The van der Waals surface area contributed by atoms with E-state index < -0.39 is 30.0 Å². The Kier molecular flexibility index (Phi) is 9.31. The number of aromatic hydroxyl groups is 1. The molecule has 0 fully saturated rings. The number of phenols is 1. The molecule has 0 saturated carbocycles. The largest absolute Gasteiger partial charge is 0.504 e. The fraction of sp³-hybridized carbons (Fsp3) is 0.312. The molecular formula is C32H31F6N3O3. The van der Waals surface area contributed by atoms with Crippen molar-refractivity contribution >= 4 is 5.95 Å². The molecule has 3 aromatic carbocycles. The van der Waals surface area contributed by atoms with Crippen LogP contribution in [0.5, 0.6) is 17.2 Å². The highest BCUT2D eigenvalue weighted by Gasteiger charge is 2.37. The molecule has 12 heteroatoms. The summed E-state index contributed by atoms with van der Waals surface area (Å²) in [5.41, 5.74) is 0.242. The molecule has 0 aliphatic carbocycles. The van der Waals surface area contributed by atoms with Gasteiger partial charge in [-0.2, -0.15) is 26.3 Å². The van der Waals surface area contributed by atoms with Gasteiger partial charge in [0, 0.05) is 31.0 Å². The average molecular weight is 620 g/mol. The Labute approximate surface area is 250 Å². The molecule has 234 valence electrons. The highest BCUT2D eigenvalue weighted by Crippen LogP contribution is 2.42. The number of alkyl halides is 6. The van der Waals surface area contributed by atoms with Gasteiger partial charge in [-0.15, -0.1) is 0 Å². The number of aryl methyl sites for hydroxylation is 1. The van der Waals surface area contributed by atoms with Gasteiger partial charge in [0.25, 0.3) is 0 Å². The van der Waals surface area contributed by atoms with E-state index in [1.54, 1.807) is 19.1 Å². The number of phenolic OH excluding ortho intramolecular Hbond substituents is 1. The Balaban J connectivity index is 1.90. The van der Waals surface area contributed by atoms with Crippen LogP contribution in [0.15, 0.2) is 60.9 Å². The summed E-state index contributed by atoms with van der Waals surface area (Å²) in [5, 5.41) is 10.7. The van der Waals surface area contributed by atoms with Crippen LogP contribution in [0, 0.1) is 6.92 Å². The highest BCUT2D eigenvalue weighted by atomic mass is 19.4. The normalized spacial score (nSPS) is 12.0. The topological polar surface area (TPSA) is 67.7 Å². The Morgan fingerprint density at radius 3 is 1.89 bits per heavy atom. The van der Waals surface area contributed by atoms with Crippen LogP contribution in [0.4, 0.5) is 32.3 Å². The van der Waals surface area contributed by atoms with Crippen LogP contribution >= 0.6 is 0 Å². The molecule has 1 aromatic heterocycles. The highest BCUT2D eigenvalue weighted by molar-refractivity contribution is 5.77. The van der Waals surface area contributed by atoms with Crippen molar-refractivity contribution in [1.82, 2.24) is 9.97 Å². The zero-order chi connectivity index (χ0) is 32.4. The van der Waals surface area contributed by atoms with Crippen molar-refractivity contribution in [1.29, 1.82) is 0 Å². The number of halogens is 6. The van der Waals surface area contributed by atoms with Gasteiger partial charge < -0.3 is 19.5 Å². The first-order valence-corrected chi connectivity index (χ1v) is 13.5. The van der Waals surface area contributed by atoms with E-state index in [4.69, 9.17) is 9.47 Å². The van der Waals surface area contributed by atoms with Crippen LogP contribution in [-0.4, -0.2) is 29.3 Å². The number of rotatable bonds is 9. The van der Waals surface area contributed by atoms with Crippen LogP contribution in [-0.2, 0) is 25.4 Å². The molecule has 1 heterocycles. The third kappa shape index (κ3) is 7.35. The van der Waals surface area contributed by atoms with Crippen LogP contribution < -0.4 is 14.4 Å². The van der Waals surface area contributed by atoms with Crippen molar-refractivity contribution in [2.45, 2.75) is 52.1 Å². The lowest BCUT2D eigenvalue weighted by Crippen LogP contribution is -2.25. The van der Waals surface area contributed by atoms with E-state index in [0.717, 1.165) is 5.56 Å². The first-order chi connectivity index (χ1) is 20.6. The molecule has 0 amide bonds. The summed E-state index contributed by atoms with van der Waals surface area (Å²) in [4.78, 5) is 10.1. The standard InChI is InChI=1S/C32H31F6N3O3/c1-18(2)21-6-7-28(43-4)26(10-21)25-13-27(42)29(44-5)11-22(25)17-41(30-39-14-19(3)15-40-30)16-20-8-23(31(33,34)35)12-24(9-20)32(36,37)38/h6-15,18,42H,16-17H2,1-5H3. The number of aromatic nitrogens is 2. The molecule has 4 aromatic rings. The zero-order valence-electron chi connectivity index (χ0n) is 24.6. The van der Waals surface area contributed by atoms with Crippen LogP contribution in [0.25, 0.3) is 11.1 Å². The number of methoxy groups -OCH3 is 2. The average Bonchev–Trinajstić information content (AvgIpc) is 2.96. The Morgan fingerprint density at radius 1 is 0.773 bits per heavy atom. The maximum atomic E-state index is 13.7. The number of hydrogen-bond donors (Lipinski definition) is 1. The smallest absolute Gasteiger partial charge is 0.416 e. The molecule has 1 N–H and O–H groups in total. The van der Waals surface area contributed by atoms with Gasteiger partial charge in [0.05, 0.1) is 25.3 Å². The van der Waals surface area contributed by atoms with Gasteiger partial charge >= 0.3 is 12.4 Å². The van der Waals surface area contributed by atoms with Crippen molar-refractivity contribution in [2.75, 3.05) is 19.1 Å². The number of nitrogens with zero attached hydrogens (tertiary/aromatic N) is 3. The Morgan fingerprint density at radius 2 is 1.36 bits per heavy atom. The minimum Gasteiger partial charge on any atom is -0.504 e. The Hall–Kier alpha value is -4.48. The minimum atomic E-state index is -5.00. The van der Waals surface area contributed by atoms with Crippen molar-refractivity contribution in [3.8, 4) is 28.4 Å². The molecule has 44 heavy (non-hydrogen) atoms. The summed E-state index contributed by atoms with van der Waals surface area (Å²) in [5.74, 6) is 0.657. The predicted octanol–water partition coefficient (Wildman–Crippen LogP) is 8.54. The van der Waals surface area contributed by atoms with Crippen molar-refractivity contribution < 1.29 is 40.9 Å². The number of anilines is 1. The first kappa shape index (κ1) is 32.4. The molecule has 0 unspecified atom stereocenters. The van der Waals surface area contributed by atoms with Crippen molar-refractivity contribution in [3.63, 3.8) is 0 Å². The zero-order valence-corrected chi connectivity index (χ0v) is 24.6. The lowest BCUT2D eigenvalue weighted by Gasteiger charge is -2.26. The van der Waals surface area contributed by atoms with E-state index in [1.807, 2.05) is 26.0 Å². The number of ether oxygens (including phenoxy) is 2. The third-order valence-corrected chi connectivity index (χ3v) is 7.02. The first-order valence-electron chi connectivity index (χ1n) is 13.5. The summed E-state index contributed by atoms with van der Waals surface area (Å²) in [7, 11) is 2.86. The summed E-state index contributed by atoms with van der Waals surface area (Å²) in [6.07, 6.45) is -7.01. The fourth-order valence-corrected chi connectivity index (χ4v) is 4.73. The molecule has 0 atom stereocenters. The van der Waals surface area contributed by atoms with Crippen LogP contribution in [0.2, 0.25) is 0 Å². The molecule has 0 saturated heterocycles. The van der Waals surface area contributed by atoms with Gasteiger partial charge in [-0.1, -0.05) is 19.9 Å². The van der Waals surface area contributed by atoms with E-state index in [1.165, 1.54) is 37.6 Å². The van der Waals surface area contributed by atoms with Crippen molar-refractivity contribution in [3.05, 3.63) is 94.3 Å². The number of hydrogen-bond acceptors (Lipinski definition) is 6. The maximum Gasteiger partial charge on any atom is 0.416 e. The quantitative estimate of drug-likeness (QED) is 0.190. The molecule has 0 aliphatic rings. The molecule has 0 radical (unpaired) electrons. The van der Waals surface area contributed by atoms with Gasteiger partial charge in [0.15, 0.2) is 11.5 Å². The lowest BCUT2D eigenvalue weighted by molar-refractivity contribution is -0.143. The Bertz CT molecular complexity index is 1590. The summed E-state index contributed by atoms with van der Waals surface area (Å²) >= 11 is 0. The second-order valence-corrected chi connectivity index (χ2v) is 10.6. The lowest BCUT2D eigenvalue weighted by atomic mass is 9.93. The second kappa shape index (κ2) is 12.6. The summed E-state index contributed by atoms with van der Waals surface area (Å²) in [6.45, 7) is 5.29. The minimum absolute atomic E-state index is 0.0717. The van der Waals surface area contributed by atoms with Crippen LogP contribution in [0.1, 0.15) is 53.1 Å². The summed E-state index contributed by atoms with van der Waals surface area (Å²) < 4.78 is 92.9. The van der Waals surface area contributed by atoms with E-state index in [-0.39, 0.29) is 41.5 Å². The van der Waals surface area contributed by atoms with Crippen molar-refractivity contribution in [2.24, 2.45) is 0 Å². The fourth-order valence-electron chi connectivity index (χ4n) is 4.73. The predicted molar refractivity (Wildman–Crippen MR) is 154 cm³/mol. The van der Waals surface area contributed by atoms with Gasteiger partial charge in [0.1, 0.15) is 5.75 Å². The second-order valence-electron chi connectivity index (χ2n) is 10.6. The molecule has 6 nitrogen and oxygen atoms in total. The summed E-state index contributed by atoms with van der Waals surface area (Å²) in [6, 6.07) is 10.1. The maximum absolute atomic E-state index is 13.7. The van der Waals surface area contributed by atoms with E-state index in [2.05, 4.69) is 9.97 Å². The molecule has 4 rings (SSSR count). The van der Waals surface area contributed by atoms with Gasteiger partial charge in [0.2, 0.25) is 5.95 Å². The van der Waals surface area contributed by atoms with Crippen LogP contribution in [0.3, 0.4) is 0 Å². The molecule has 0 bridgehead atoms. The molecule has 0 spiro atoms. The van der Waals surface area contributed by atoms with Gasteiger partial charge in [-0.25, -0.2) is 9.97 Å². The monoisotopic (exact) mass is 619 g/mol. The van der Waals surface area contributed by atoms with Gasteiger partial charge in [-0.05, 0) is 83.1 Å². The molecule has 0 aliphatic heterocycles.